The molecule has 0 amide bonds. The van der Waals surface area contributed by atoms with Gasteiger partial charge in [-0.05, 0) is 68.2 Å². The average Bonchev–Trinajstić information content (AvgIpc) is 3.14. The molecule has 2 unspecified atom stereocenters. The summed E-state index contributed by atoms with van der Waals surface area (Å²) >= 11 is 0. The van der Waals surface area contributed by atoms with E-state index in [1.54, 1.807) is 0 Å². The first kappa shape index (κ1) is 25.0. The summed E-state index contributed by atoms with van der Waals surface area (Å²) in [7, 11) is -1.90. The van der Waals surface area contributed by atoms with E-state index in [-0.39, 0.29) is 17.8 Å². The van der Waals surface area contributed by atoms with Crippen LogP contribution in [0.1, 0.15) is 70.3 Å². The fourth-order valence-electron chi connectivity index (χ4n) is 6.74. The second-order valence-corrected chi connectivity index (χ2v) is 12.5. The summed E-state index contributed by atoms with van der Waals surface area (Å²) in [5.41, 5.74) is 1.70. The van der Waals surface area contributed by atoms with Gasteiger partial charge in [-0.15, -0.1) is 0 Å². The zero-order valence-corrected chi connectivity index (χ0v) is 21.2. The number of fused-ring (bicyclic) bond motifs is 1. The maximum absolute atomic E-state index is 12.3. The zero-order valence-electron chi connectivity index (χ0n) is 20.4. The van der Waals surface area contributed by atoms with Gasteiger partial charge in [-0.25, -0.2) is 8.42 Å². The standard InChI is InChI=1S/C26H42N2O4S/c1-3-11-26(21-9-7-10-22(18-21)27-33(30,31)17-16-32-2)23-19-28(20-24(23)26)15-8-14-25(29)12-5-4-6-13-25/h7,9-10,18,23-24,27,29H,3-6,8,11-17,19-20H2,1-2H3. The van der Waals surface area contributed by atoms with Gasteiger partial charge in [-0.3, -0.25) is 4.72 Å². The molecule has 1 aromatic rings. The van der Waals surface area contributed by atoms with E-state index in [1.165, 1.54) is 31.9 Å². The molecule has 0 spiro atoms. The van der Waals surface area contributed by atoms with E-state index in [9.17, 15) is 13.5 Å². The van der Waals surface area contributed by atoms with Crippen molar-refractivity contribution >= 4 is 15.7 Å². The van der Waals surface area contributed by atoms with Gasteiger partial charge >= 0.3 is 0 Å². The lowest BCUT2D eigenvalue weighted by atomic mass is 9.81. The van der Waals surface area contributed by atoms with Gasteiger partial charge in [0.15, 0.2) is 0 Å². The molecule has 6 nitrogen and oxygen atoms in total. The monoisotopic (exact) mass is 478 g/mol. The molecule has 0 radical (unpaired) electrons. The fraction of sp³-hybridized carbons (Fsp3) is 0.769. The minimum absolute atomic E-state index is 0.0385. The van der Waals surface area contributed by atoms with Gasteiger partial charge in [-0.1, -0.05) is 44.7 Å². The van der Waals surface area contributed by atoms with Crippen LogP contribution in [-0.2, 0) is 20.2 Å². The van der Waals surface area contributed by atoms with Crippen molar-refractivity contribution in [3.63, 3.8) is 0 Å². The Morgan fingerprint density at radius 3 is 2.55 bits per heavy atom. The number of hydrogen-bond donors (Lipinski definition) is 2. The first-order valence-electron chi connectivity index (χ1n) is 12.9. The molecule has 1 aliphatic heterocycles. The van der Waals surface area contributed by atoms with E-state index in [1.807, 2.05) is 12.1 Å². The van der Waals surface area contributed by atoms with Crippen molar-refractivity contribution in [2.45, 2.75) is 75.7 Å². The van der Waals surface area contributed by atoms with Gasteiger partial charge in [-0.2, -0.15) is 0 Å². The third kappa shape index (κ3) is 5.58. The Balaban J connectivity index is 1.35. The van der Waals surface area contributed by atoms with Crippen LogP contribution in [0.5, 0.6) is 0 Å². The highest BCUT2D eigenvalue weighted by atomic mass is 32.2. The molecule has 2 aliphatic carbocycles. The first-order chi connectivity index (χ1) is 15.8. The minimum atomic E-state index is -3.41. The van der Waals surface area contributed by atoms with Crippen LogP contribution in [-0.4, -0.2) is 63.1 Å². The second-order valence-electron chi connectivity index (χ2n) is 10.6. The molecule has 7 heteroatoms. The maximum Gasteiger partial charge on any atom is 0.234 e. The Morgan fingerprint density at radius 1 is 1.15 bits per heavy atom. The van der Waals surface area contributed by atoms with Crippen molar-refractivity contribution in [2.24, 2.45) is 11.8 Å². The molecule has 2 N–H and O–H groups in total. The smallest absolute Gasteiger partial charge is 0.234 e. The Morgan fingerprint density at radius 2 is 1.88 bits per heavy atom. The molecule has 0 aromatic heterocycles. The summed E-state index contributed by atoms with van der Waals surface area (Å²) in [4.78, 5) is 2.59. The SMILES string of the molecule is CCCC1(c2cccc(NS(=O)(=O)CCOC)c2)C2CN(CCCC3(O)CCCCC3)CC21. The molecule has 0 bridgehead atoms. The largest absolute Gasteiger partial charge is 0.390 e. The van der Waals surface area contributed by atoms with Crippen molar-refractivity contribution in [3.8, 4) is 0 Å². The molecule has 2 saturated carbocycles. The Kier molecular flexibility index (Phi) is 7.73. The quantitative estimate of drug-likeness (QED) is 0.472. The number of ether oxygens (including phenoxy) is 1. The van der Waals surface area contributed by atoms with Crippen LogP contribution in [0.15, 0.2) is 24.3 Å². The number of piperidine rings is 1. The van der Waals surface area contributed by atoms with E-state index in [0.29, 0.717) is 17.5 Å². The van der Waals surface area contributed by atoms with Crippen molar-refractivity contribution in [1.82, 2.24) is 4.90 Å². The zero-order chi connectivity index (χ0) is 23.5. The molecule has 3 aliphatic rings. The van der Waals surface area contributed by atoms with Gasteiger partial charge in [0.1, 0.15) is 0 Å². The molecule has 186 valence electrons. The van der Waals surface area contributed by atoms with E-state index in [2.05, 4.69) is 28.7 Å². The molecule has 1 aromatic carbocycles. The van der Waals surface area contributed by atoms with Gasteiger partial charge in [0.25, 0.3) is 0 Å². The normalized spacial score (nSPS) is 29.1. The van der Waals surface area contributed by atoms with E-state index in [4.69, 9.17) is 4.74 Å². The van der Waals surface area contributed by atoms with Crippen LogP contribution >= 0.6 is 0 Å². The number of benzene rings is 1. The molecule has 3 fully saturated rings. The van der Waals surface area contributed by atoms with Crippen molar-refractivity contribution in [2.75, 3.05) is 43.8 Å². The molecule has 33 heavy (non-hydrogen) atoms. The summed E-state index contributed by atoms with van der Waals surface area (Å²) in [6.07, 6.45) is 9.86. The third-order valence-corrected chi connectivity index (χ3v) is 9.65. The summed E-state index contributed by atoms with van der Waals surface area (Å²) < 4.78 is 32.3. The summed E-state index contributed by atoms with van der Waals surface area (Å²) in [6, 6.07) is 8.07. The fourth-order valence-corrected chi connectivity index (χ4v) is 7.72. The molecule has 4 rings (SSSR count). The Labute approximate surface area is 200 Å². The van der Waals surface area contributed by atoms with Crippen LogP contribution in [0.3, 0.4) is 0 Å². The highest BCUT2D eigenvalue weighted by Gasteiger charge is 2.67. The van der Waals surface area contributed by atoms with Gasteiger partial charge in [0.05, 0.1) is 18.0 Å². The van der Waals surface area contributed by atoms with Crippen LogP contribution < -0.4 is 4.72 Å². The number of methoxy groups -OCH3 is 1. The summed E-state index contributed by atoms with van der Waals surface area (Å²) in [5, 5.41) is 10.8. The Bertz CT molecular complexity index is 885. The van der Waals surface area contributed by atoms with Gasteiger partial charge < -0.3 is 14.7 Å². The van der Waals surface area contributed by atoms with Crippen molar-refractivity contribution in [3.05, 3.63) is 29.8 Å². The Hall–Kier alpha value is -1.15. The summed E-state index contributed by atoms with van der Waals surface area (Å²) in [5.74, 6) is 1.26. The van der Waals surface area contributed by atoms with E-state index in [0.717, 1.165) is 58.2 Å². The maximum atomic E-state index is 12.3. The lowest BCUT2D eigenvalue weighted by Gasteiger charge is -2.33. The predicted molar refractivity (Wildman–Crippen MR) is 133 cm³/mol. The lowest BCUT2D eigenvalue weighted by Crippen LogP contribution is -2.34. The molecule has 1 heterocycles. The predicted octanol–water partition coefficient (Wildman–Crippen LogP) is 4.15. The molecule has 1 saturated heterocycles. The van der Waals surface area contributed by atoms with Gasteiger partial charge in [0, 0.05) is 31.3 Å². The minimum Gasteiger partial charge on any atom is -0.390 e. The topological polar surface area (TPSA) is 78.9 Å². The van der Waals surface area contributed by atoms with Crippen molar-refractivity contribution in [1.29, 1.82) is 0 Å². The van der Waals surface area contributed by atoms with E-state index >= 15 is 0 Å². The third-order valence-electron chi connectivity index (χ3n) is 8.40. The van der Waals surface area contributed by atoms with Crippen LogP contribution in [0.4, 0.5) is 5.69 Å². The highest BCUT2D eigenvalue weighted by molar-refractivity contribution is 7.92. The number of sulfonamides is 1. The average molecular weight is 479 g/mol. The van der Waals surface area contributed by atoms with E-state index < -0.39 is 15.6 Å². The molecular weight excluding hydrogens is 436 g/mol. The summed E-state index contributed by atoms with van der Waals surface area (Å²) in [6.45, 7) is 5.75. The van der Waals surface area contributed by atoms with Crippen LogP contribution in [0.2, 0.25) is 0 Å². The highest BCUT2D eigenvalue weighted by Crippen LogP contribution is 2.66. The van der Waals surface area contributed by atoms with Crippen molar-refractivity contribution < 1.29 is 18.3 Å². The number of nitrogens with one attached hydrogen (secondary N) is 1. The first-order valence-corrected chi connectivity index (χ1v) is 14.5. The number of aliphatic hydroxyl groups is 1. The van der Waals surface area contributed by atoms with Crippen LogP contribution in [0, 0.1) is 11.8 Å². The molecule has 2 atom stereocenters. The number of hydrogen-bond acceptors (Lipinski definition) is 5. The number of anilines is 1. The number of nitrogens with zero attached hydrogens (tertiary/aromatic N) is 1. The van der Waals surface area contributed by atoms with Crippen LogP contribution in [0.25, 0.3) is 0 Å². The lowest BCUT2D eigenvalue weighted by molar-refractivity contribution is -0.00722. The molecular formula is C26H42N2O4S. The number of likely N-dealkylation sites (tertiary alicyclic amines) is 1. The van der Waals surface area contributed by atoms with Gasteiger partial charge in [0.2, 0.25) is 10.0 Å². The second kappa shape index (κ2) is 10.2. The number of rotatable bonds is 12.